The van der Waals surface area contributed by atoms with Gasteiger partial charge in [-0.3, -0.25) is 4.79 Å². The number of hydrogen-bond acceptors (Lipinski definition) is 5. The van der Waals surface area contributed by atoms with E-state index in [0.717, 1.165) is 18.1 Å². The molecule has 6 heteroatoms. The minimum atomic E-state index is -0.130. The van der Waals surface area contributed by atoms with E-state index < -0.39 is 0 Å². The zero-order valence-electron chi connectivity index (χ0n) is 14.0. The van der Waals surface area contributed by atoms with Crippen molar-refractivity contribution in [2.45, 2.75) is 41.0 Å². The molecule has 3 N–H and O–H groups in total. The molecule has 0 aliphatic rings. The average Bonchev–Trinajstić information content (AvgIpc) is 2.78. The molecule has 0 aliphatic carbocycles. The molecule has 0 radical (unpaired) electrons. The Morgan fingerprint density at radius 3 is 2.62 bits per heavy atom. The fraction of sp³-hybridized carbons (Fsp3) is 0.733. The molecule has 1 amide bonds. The normalized spacial score (nSPS) is 11.8. The van der Waals surface area contributed by atoms with Gasteiger partial charge in [0.1, 0.15) is 10.7 Å². The van der Waals surface area contributed by atoms with Crippen molar-refractivity contribution in [3.05, 3.63) is 4.88 Å². The lowest BCUT2D eigenvalue weighted by Crippen LogP contribution is -2.36. The fourth-order valence-electron chi connectivity index (χ4n) is 1.67. The maximum atomic E-state index is 12.3. The largest absolute Gasteiger partial charge is 0.382 e. The van der Waals surface area contributed by atoms with Gasteiger partial charge in [-0.1, -0.05) is 46.0 Å². The predicted molar refractivity (Wildman–Crippen MR) is 91.0 cm³/mol. The molecule has 0 atom stereocenters. The molecule has 0 bridgehead atoms. The molecule has 1 heterocycles. The van der Waals surface area contributed by atoms with Gasteiger partial charge < -0.3 is 16.0 Å². The highest BCUT2D eigenvalue weighted by Gasteiger charge is 2.25. The monoisotopic (exact) mass is 312 g/mol. The van der Waals surface area contributed by atoms with Crippen LogP contribution in [0.25, 0.3) is 0 Å². The maximum absolute atomic E-state index is 12.3. The average molecular weight is 312 g/mol. The van der Waals surface area contributed by atoms with Crippen LogP contribution in [0.15, 0.2) is 0 Å². The number of nitrogen functional groups attached to an aromatic ring is 1. The third-order valence-electron chi connectivity index (χ3n) is 4.00. The van der Waals surface area contributed by atoms with Crippen molar-refractivity contribution in [2.24, 2.45) is 11.3 Å². The highest BCUT2D eigenvalue weighted by Crippen LogP contribution is 2.28. The quantitative estimate of drug-likeness (QED) is 0.812. The molecule has 0 aromatic carbocycles. The van der Waals surface area contributed by atoms with E-state index in [4.69, 9.17) is 5.73 Å². The second kappa shape index (κ2) is 7.11. The number of nitrogens with zero attached hydrogens (tertiary/aromatic N) is 2. The molecule has 5 nitrogen and oxygen atoms in total. The van der Waals surface area contributed by atoms with Crippen molar-refractivity contribution in [1.82, 2.24) is 10.3 Å². The Kier molecular flexibility index (Phi) is 6.01. The molecule has 0 saturated carbocycles. The van der Waals surface area contributed by atoms with Crippen LogP contribution in [0.3, 0.4) is 0 Å². The molecule has 0 aliphatic heterocycles. The first-order valence-electron chi connectivity index (χ1n) is 7.44. The van der Waals surface area contributed by atoms with Crippen LogP contribution in [0.5, 0.6) is 0 Å². The van der Waals surface area contributed by atoms with E-state index in [0.29, 0.717) is 23.2 Å². The van der Waals surface area contributed by atoms with Gasteiger partial charge in [-0.05, 0) is 17.8 Å². The second-order valence-corrected chi connectivity index (χ2v) is 7.44. The van der Waals surface area contributed by atoms with Crippen molar-refractivity contribution in [1.29, 1.82) is 0 Å². The Hall–Kier alpha value is -1.30. The Labute approximate surface area is 131 Å². The van der Waals surface area contributed by atoms with Gasteiger partial charge in [-0.25, -0.2) is 4.98 Å². The Bertz CT molecular complexity index is 482. The van der Waals surface area contributed by atoms with E-state index in [1.165, 1.54) is 11.3 Å². The van der Waals surface area contributed by atoms with Gasteiger partial charge in [-0.15, -0.1) is 0 Å². The number of thiazole rings is 1. The summed E-state index contributed by atoms with van der Waals surface area (Å²) >= 11 is 1.35. The van der Waals surface area contributed by atoms with E-state index in [9.17, 15) is 4.79 Å². The summed E-state index contributed by atoms with van der Waals surface area (Å²) in [7, 11) is 1.96. The van der Waals surface area contributed by atoms with Gasteiger partial charge in [0.2, 0.25) is 0 Å². The summed E-state index contributed by atoms with van der Waals surface area (Å²) in [5.41, 5.74) is 5.94. The number of hydrogen-bond donors (Lipinski definition) is 2. The molecule has 0 saturated heterocycles. The van der Waals surface area contributed by atoms with Gasteiger partial charge in [0.15, 0.2) is 5.13 Å². The summed E-state index contributed by atoms with van der Waals surface area (Å²) in [6.45, 7) is 12.2. The molecular weight excluding hydrogens is 284 g/mol. The predicted octanol–water partition coefficient (Wildman–Crippen LogP) is 2.98. The number of nitrogens with one attached hydrogen (secondary N) is 1. The minimum Gasteiger partial charge on any atom is -0.382 e. The number of carbonyl (C=O) groups is 1. The molecule has 1 aromatic rings. The number of amides is 1. The summed E-state index contributed by atoms with van der Waals surface area (Å²) in [5.74, 6) is 0.676. The van der Waals surface area contributed by atoms with Crippen LogP contribution in [0.4, 0.5) is 10.9 Å². The van der Waals surface area contributed by atoms with Crippen molar-refractivity contribution < 1.29 is 4.79 Å². The van der Waals surface area contributed by atoms with E-state index >= 15 is 0 Å². The molecule has 0 spiro atoms. The number of anilines is 2. The summed E-state index contributed by atoms with van der Waals surface area (Å²) in [4.78, 5) is 19.1. The molecule has 21 heavy (non-hydrogen) atoms. The lowest BCUT2D eigenvalue weighted by molar-refractivity contribution is 0.0929. The summed E-state index contributed by atoms with van der Waals surface area (Å²) in [5, 5.41) is 3.77. The van der Waals surface area contributed by atoms with Crippen LogP contribution < -0.4 is 16.0 Å². The van der Waals surface area contributed by atoms with E-state index in [-0.39, 0.29) is 11.3 Å². The van der Waals surface area contributed by atoms with Crippen molar-refractivity contribution in [2.75, 3.05) is 30.8 Å². The van der Waals surface area contributed by atoms with Crippen LogP contribution in [-0.2, 0) is 0 Å². The van der Waals surface area contributed by atoms with Crippen LogP contribution in [-0.4, -0.2) is 31.0 Å². The van der Waals surface area contributed by atoms with Crippen LogP contribution in [0, 0.1) is 11.3 Å². The molecule has 1 aromatic heterocycles. The lowest BCUT2D eigenvalue weighted by atomic mass is 9.81. The highest BCUT2D eigenvalue weighted by molar-refractivity contribution is 7.18. The first-order chi connectivity index (χ1) is 9.69. The third-order valence-corrected chi connectivity index (χ3v) is 5.19. The topological polar surface area (TPSA) is 71.2 Å². The number of aromatic nitrogens is 1. The molecule has 0 fully saturated rings. The molecule has 1 rings (SSSR count). The SMILES string of the molecule is CCCN(C)c1nc(N)c(C(=O)NCC(C)(C)C(C)C)s1. The maximum Gasteiger partial charge on any atom is 0.265 e. The number of carbonyl (C=O) groups excluding carboxylic acids is 1. The number of nitrogens with two attached hydrogens (primary N) is 1. The summed E-state index contributed by atoms with van der Waals surface area (Å²) < 4.78 is 0. The standard InChI is InChI=1S/C15H28N4OS/c1-7-8-19(6)14-18-12(16)11(21-14)13(20)17-9-15(4,5)10(2)3/h10H,7-9,16H2,1-6H3,(H,17,20). The lowest BCUT2D eigenvalue weighted by Gasteiger charge is -2.29. The van der Waals surface area contributed by atoms with Crippen molar-refractivity contribution >= 4 is 28.2 Å². The zero-order chi connectivity index (χ0) is 16.2. The Morgan fingerprint density at radius 2 is 2.10 bits per heavy atom. The van der Waals surface area contributed by atoms with E-state index in [1.54, 1.807) is 0 Å². The van der Waals surface area contributed by atoms with Gasteiger partial charge in [0.25, 0.3) is 5.91 Å². The molecule has 120 valence electrons. The summed E-state index contributed by atoms with van der Waals surface area (Å²) in [6, 6.07) is 0. The molecular formula is C15H28N4OS. The first-order valence-corrected chi connectivity index (χ1v) is 8.26. The van der Waals surface area contributed by atoms with Crippen LogP contribution in [0.2, 0.25) is 0 Å². The first kappa shape index (κ1) is 17.8. The number of rotatable bonds is 7. The highest BCUT2D eigenvalue weighted by atomic mass is 32.1. The van der Waals surface area contributed by atoms with E-state index in [1.807, 2.05) is 11.9 Å². The van der Waals surface area contributed by atoms with Crippen molar-refractivity contribution in [3.63, 3.8) is 0 Å². The van der Waals surface area contributed by atoms with Gasteiger partial charge in [0, 0.05) is 20.1 Å². The minimum absolute atomic E-state index is 0.0525. The molecule has 0 unspecified atom stereocenters. The van der Waals surface area contributed by atoms with E-state index in [2.05, 4.69) is 44.9 Å². The second-order valence-electron chi connectivity index (χ2n) is 6.46. The Balaban J connectivity index is 2.75. The zero-order valence-corrected chi connectivity index (χ0v) is 14.8. The van der Waals surface area contributed by atoms with Crippen LogP contribution >= 0.6 is 11.3 Å². The van der Waals surface area contributed by atoms with Gasteiger partial charge >= 0.3 is 0 Å². The van der Waals surface area contributed by atoms with Gasteiger partial charge in [-0.2, -0.15) is 0 Å². The van der Waals surface area contributed by atoms with Gasteiger partial charge in [0.05, 0.1) is 0 Å². The smallest absolute Gasteiger partial charge is 0.265 e. The Morgan fingerprint density at radius 1 is 1.48 bits per heavy atom. The fourth-order valence-corrected chi connectivity index (χ4v) is 2.56. The third kappa shape index (κ3) is 4.59. The van der Waals surface area contributed by atoms with Crippen LogP contribution in [0.1, 0.15) is 50.7 Å². The summed E-state index contributed by atoms with van der Waals surface area (Å²) in [6.07, 6.45) is 1.03. The van der Waals surface area contributed by atoms with Crippen molar-refractivity contribution in [3.8, 4) is 0 Å².